The molecule has 0 unspecified atom stereocenters. The molecule has 0 bridgehead atoms. The lowest BCUT2D eigenvalue weighted by Gasteiger charge is -2.28. The van der Waals surface area contributed by atoms with Crippen LogP contribution in [0.1, 0.15) is 34.6 Å². The number of hydrogen-bond donors (Lipinski definition) is 1. The number of carbonyl (C=O) groups excluding carboxylic acids is 1. The Morgan fingerprint density at radius 1 is 1.59 bits per heavy atom. The summed E-state index contributed by atoms with van der Waals surface area (Å²) < 4.78 is 5.34. The van der Waals surface area contributed by atoms with E-state index in [1.807, 2.05) is 40.7 Å². The summed E-state index contributed by atoms with van der Waals surface area (Å²) in [4.78, 5) is 13.6. The maximum atomic E-state index is 12.0. The Morgan fingerprint density at radius 3 is 2.59 bits per heavy atom. The molecule has 17 heavy (non-hydrogen) atoms. The van der Waals surface area contributed by atoms with Crippen LogP contribution in [0.4, 0.5) is 4.79 Å². The number of aliphatic hydroxyl groups is 1. The van der Waals surface area contributed by atoms with Crippen molar-refractivity contribution in [1.82, 2.24) is 4.90 Å². The molecule has 0 aliphatic carbocycles. The van der Waals surface area contributed by atoms with Gasteiger partial charge in [-0.1, -0.05) is 18.6 Å². The van der Waals surface area contributed by atoms with E-state index in [4.69, 9.17) is 4.74 Å². The van der Waals surface area contributed by atoms with Crippen molar-refractivity contribution in [3.63, 3.8) is 0 Å². The molecule has 0 spiro atoms. The summed E-state index contributed by atoms with van der Waals surface area (Å²) in [7, 11) is 0. The highest BCUT2D eigenvalue weighted by Crippen LogP contribution is 2.30. The number of rotatable bonds is 1. The molecule has 1 aliphatic heterocycles. The number of carbonyl (C=O) groups is 1. The maximum Gasteiger partial charge on any atom is 0.410 e. The van der Waals surface area contributed by atoms with Crippen molar-refractivity contribution in [2.45, 2.75) is 46.3 Å². The lowest BCUT2D eigenvalue weighted by molar-refractivity contribution is 0.0151. The van der Waals surface area contributed by atoms with Gasteiger partial charge in [-0.2, -0.15) is 0 Å². The van der Waals surface area contributed by atoms with Crippen LogP contribution in [0.25, 0.3) is 0 Å². The largest absolute Gasteiger partial charge is 0.444 e. The van der Waals surface area contributed by atoms with Crippen molar-refractivity contribution in [3.05, 3.63) is 11.6 Å². The van der Waals surface area contributed by atoms with E-state index in [0.29, 0.717) is 6.54 Å². The summed E-state index contributed by atoms with van der Waals surface area (Å²) in [5, 5.41) is 9.39. The third kappa shape index (κ3) is 3.22. The second-order valence-corrected chi connectivity index (χ2v) is 5.51. The Morgan fingerprint density at radius 2 is 2.18 bits per heavy atom. The average Bonchev–Trinajstić information content (AvgIpc) is 2.52. The highest BCUT2D eigenvalue weighted by Gasteiger charge is 2.38. The van der Waals surface area contributed by atoms with E-state index in [1.54, 1.807) is 4.90 Å². The van der Waals surface area contributed by atoms with Gasteiger partial charge in [-0.15, -0.1) is 0 Å². The van der Waals surface area contributed by atoms with Gasteiger partial charge >= 0.3 is 6.09 Å². The van der Waals surface area contributed by atoms with Crippen molar-refractivity contribution in [2.75, 3.05) is 13.2 Å². The quantitative estimate of drug-likeness (QED) is 0.716. The molecule has 1 saturated heterocycles. The van der Waals surface area contributed by atoms with Crippen LogP contribution in [0, 0.1) is 5.92 Å². The van der Waals surface area contributed by atoms with Crippen molar-refractivity contribution in [1.29, 1.82) is 0 Å². The van der Waals surface area contributed by atoms with E-state index in [0.717, 1.165) is 0 Å². The van der Waals surface area contributed by atoms with Crippen LogP contribution in [0.5, 0.6) is 0 Å². The normalized spacial score (nSPS) is 27.6. The summed E-state index contributed by atoms with van der Waals surface area (Å²) in [6.07, 6.45) is 1.66. The van der Waals surface area contributed by atoms with Gasteiger partial charge in [0, 0.05) is 12.5 Å². The molecule has 1 fully saturated rings. The maximum absolute atomic E-state index is 12.0. The van der Waals surface area contributed by atoms with E-state index in [2.05, 4.69) is 0 Å². The van der Waals surface area contributed by atoms with Crippen LogP contribution in [0.3, 0.4) is 0 Å². The van der Waals surface area contributed by atoms with Crippen molar-refractivity contribution in [3.8, 4) is 0 Å². The Kier molecular flexibility index (Phi) is 4.20. The van der Waals surface area contributed by atoms with Crippen LogP contribution >= 0.6 is 0 Å². The first-order valence-corrected chi connectivity index (χ1v) is 6.05. The lowest BCUT2D eigenvalue weighted by Crippen LogP contribution is -2.42. The number of nitrogens with zero attached hydrogens (tertiary/aromatic N) is 1. The molecule has 0 aromatic carbocycles. The molecule has 1 amide bonds. The minimum atomic E-state index is -0.501. The molecule has 0 radical (unpaired) electrons. The van der Waals surface area contributed by atoms with Crippen LogP contribution in [0.15, 0.2) is 11.6 Å². The molecular formula is C13H23NO3. The van der Waals surface area contributed by atoms with Gasteiger partial charge in [-0.05, 0) is 27.7 Å². The number of hydrogen-bond acceptors (Lipinski definition) is 3. The van der Waals surface area contributed by atoms with E-state index < -0.39 is 5.60 Å². The molecule has 98 valence electrons. The van der Waals surface area contributed by atoms with Crippen molar-refractivity contribution >= 4 is 6.09 Å². The van der Waals surface area contributed by atoms with Gasteiger partial charge in [-0.25, -0.2) is 4.79 Å². The van der Waals surface area contributed by atoms with Gasteiger partial charge in [-0.3, -0.25) is 4.90 Å². The van der Waals surface area contributed by atoms with Crippen molar-refractivity contribution < 1.29 is 14.6 Å². The summed E-state index contributed by atoms with van der Waals surface area (Å²) in [5.74, 6) is 0.192. The number of aliphatic hydroxyl groups excluding tert-OH is 1. The molecule has 0 aromatic rings. The molecule has 1 aliphatic rings. The summed E-state index contributed by atoms with van der Waals surface area (Å²) in [6, 6.07) is -0.170. The van der Waals surface area contributed by atoms with Crippen molar-refractivity contribution in [2.24, 2.45) is 5.92 Å². The van der Waals surface area contributed by atoms with E-state index >= 15 is 0 Å². The molecule has 4 heteroatoms. The second kappa shape index (κ2) is 5.08. The minimum absolute atomic E-state index is 0.0300. The fraction of sp³-hybridized carbons (Fsp3) is 0.769. The zero-order valence-corrected chi connectivity index (χ0v) is 11.4. The fourth-order valence-electron chi connectivity index (χ4n) is 2.11. The zero-order chi connectivity index (χ0) is 13.2. The smallest absolute Gasteiger partial charge is 0.410 e. The van der Waals surface area contributed by atoms with Crippen LogP contribution in [-0.2, 0) is 4.74 Å². The number of allylic oxidation sites excluding steroid dienone is 1. The van der Waals surface area contributed by atoms with E-state index in [1.165, 1.54) is 5.57 Å². The zero-order valence-electron chi connectivity index (χ0n) is 11.4. The van der Waals surface area contributed by atoms with Gasteiger partial charge in [0.2, 0.25) is 0 Å². The Labute approximate surface area is 103 Å². The first kappa shape index (κ1) is 14.0. The Hall–Kier alpha value is -1.03. The minimum Gasteiger partial charge on any atom is -0.444 e. The highest BCUT2D eigenvalue weighted by atomic mass is 16.6. The fourth-order valence-corrected chi connectivity index (χ4v) is 2.11. The first-order chi connectivity index (χ1) is 7.80. The molecule has 1 rings (SSSR count). The number of amides is 1. The second-order valence-electron chi connectivity index (χ2n) is 5.51. The number of ether oxygens (including phenoxy) is 1. The predicted octanol–water partition coefficient (Wildman–Crippen LogP) is 2.18. The van der Waals surface area contributed by atoms with E-state index in [9.17, 15) is 9.90 Å². The van der Waals surface area contributed by atoms with Gasteiger partial charge < -0.3 is 9.84 Å². The van der Waals surface area contributed by atoms with Gasteiger partial charge in [0.25, 0.3) is 0 Å². The molecule has 4 nitrogen and oxygen atoms in total. The van der Waals surface area contributed by atoms with Gasteiger partial charge in [0.05, 0.1) is 12.6 Å². The molecule has 2 atom stereocenters. The summed E-state index contributed by atoms with van der Waals surface area (Å²) >= 11 is 0. The Bertz CT molecular complexity index is 317. The summed E-state index contributed by atoms with van der Waals surface area (Å²) in [5.41, 5.74) is 0.675. The third-order valence-corrected chi connectivity index (χ3v) is 3.10. The SMILES string of the molecule is C/C=C1\CN(C(=O)OC(C)(C)C)[C@H](CO)[C@@H]1C. The molecule has 1 heterocycles. The standard InChI is InChI=1S/C13H23NO3/c1-6-10-7-14(11(8-15)9(10)2)12(16)17-13(3,4)5/h6,9,11,15H,7-8H2,1-5H3/b10-6+/t9-,11-/m1/s1. The van der Waals surface area contributed by atoms with Gasteiger partial charge in [0.15, 0.2) is 0 Å². The monoisotopic (exact) mass is 241 g/mol. The molecular weight excluding hydrogens is 218 g/mol. The van der Waals surface area contributed by atoms with Gasteiger partial charge in [0.1, 0.15) is 5.60 Å². The highest BCUT2D eigenvalue weighted by molar-refractivity contribution is 5.70. The summed E-state index contributed by atoms with van der Waals surface area (Å²) in [6.45, 7) is 10.0. The molecule has 1 N–H and O–H groups in total. The van der Waals surface area contributed by atoms with Crippen LogP contribution in [0.2, 0.25) is 0 Å². The average molecular weight is 241 g/mol. The predicted molar refractivity (Wildman–Crippen MR) is 66.7 cm³/mol. The number of likely N-dealkylation sites (tertiary alicyclic amines) is 1. The van der Waals surface area contributed by atoms with Crippen LogP contribution < -0.4 is 0 Å². The third-order valence-electron chi connectivity index (χ3n) is 3.10. The first-order valence-electron chi connectivity index (χ1n) is 6.05. The Balaban J connectivity index is 2.80. The molecule has 0 aromatic heterocycles. The van der Waals surface area contributed by atoms with Crippen LogP contribution in [-0.4, -0.2) is 40.9 Å². The van der Waals surface area contributed by atoms with E-state index in [-0.39, 0.29) is 24.7 Å². The lowest BCUT2D eigenvalue weighted by atomic mass is 9.99. The topological polar surface area (TPSA) is 49.8 Å². The molecule has 0 saturated carbocycles.